The molecule has 2 aliphatic heterocycles. The third kappa shape index (κ3) is 4.27. The molecule has 4 heterocycles. The number of carbonyl (C=O) groups excluding carboxylic acids is 1. The van der Waals surface area contributed by atoms with Gasteiger partial charge in [0, 0.05) is 37.4 Å². The zero-order valence-corrected chi connectivity index (χ0v) is 18.9. The van der Waals surface area contributed by atoms with E-state index in [9.17, 15) is 9.90 Å². The minimum atomic E-state index is -0.191. The average Bonchev–Trinajstić information content (AvgIpc) is 3.20. The molecule has 0 bridgehead atoms. The minimum absolute atomic E-state index is 0.0401. The maximum absolute atomic E-state index is 13.1. The molecule has 2 atom stereocenters. The molecule has 4 N–H and O–H groups in total. The number of H-pyrrole nitrogens is 1. The van der Waals surface area contributed by atoms with E-state index >= 15 is 0 Å². The number of morpholine rings is 1. The van der Waals surface area contributed by atoms with E-state index < -0.39 is 0 Å². The van der Waals surface area contributed by atoms with Gasteiger partial charge in [0.1, 0.15) is 6.33 Å². The van der Waals surface area contributed by atoms with Crippen LogP contribution in [0.4, 0.5) is 11.4 Å². The van der Waals surface area contributed by atoms with E-state index in [2.05, 4.69) is 37.5 Å². The standard InChI is InChI=1S/C23H25ClN6O3/c1-30-7-8-33-14(11-30)9-13-10-26-23(32)18-19(13)29-20(16-5-6-25-12-27-16)21(18)28-17-4-2-3-15(24)22(17)31/h2-6,12-14,28-29,31H,7-11H2,1H3,(H,26,32)/t13-,14-/m1/s1. The number of phenols is 1. The lowest BCUT2D eigenvalue weighted by molar-refractivity contribution is -0.0268. The maximum atomic E-state index is 13.1. The lowest BCUT2D eigenvalue weighted by atomic mass is 9.91. The van der Waals surface area contributed by atoms with E-state index in [0.717, 1.165) is 25.2 Å². The molecule has 0 unspecified atom stereocenters. The summed E-state index contributed by atoms with van der Waals surface area (Å²) in [6, 6.07) is 6.80. The van der Waals surface area contributed by atoms with Crippen molar-refractivity contribution in [3.8, 4) is 17.1 Å². The van der Waals surface area contributed by atoms with E-state index in [1.807, 2.05) is 0 Å². The molecule has 10 heteroatoms. The molecule has 1 amide bonds. The van der Waals surface area contributed by atoms with Crippen molar-refractivity contribution in [3.05, 3.63) is 53.1 Å². The highest BCUT2D eigenvalue weighted by Gasteiger charge is 2.35. The summed E-state index contributed by atoms with van der Waals surface area (Å²) in [5.41, 5.74) is 3.53. The van der Waals surface area contributed by atoms with E-state index in [-0.39, 0.29) is 28.7 Å². The molecular weight excluding hydrogens is 444 g/mol. The summed E-state index contributed by atoms with van der Waals surface area (Å²) < 4.78 is 5.99. The normalized spacial score (nSPS) is 20.8. The van der Waals surface area contributed by atoms with Crippen molar-refractivity contribution >= 4 is 28.9 Å². The van der Waals surface area contributed by atoms with Crippen molar-refractivity contribution in [3.63, 3.8) is 0 Å². The fraction of sp³-hybridized carbons (Fsp3) is 0.348. The predicted molar refractivity (Wildman–Crippen MR) is 125 cm³/mol. The minimum Gasteiger partial charge on any atom is -0.504 e. The van der Waals surface area contributed by atoms with Crippen molar-refractivity contribution in [2.24, 2.45) is 0 Å². The molecule has 172 valence electrons. The first-order valence-corrected chi connectivity index (χ1v) is 11.2. The molecule has 1 saturated heterocycles. The molecule has 1 fully saturated rings. The molecule has 0 spiro atoms. The summed E-state index contributed by atoms with van der Waals surface area (Å²) in [7, 11) is 2.09. The van der Waals surface area contributed by atoms with Gasteiger partial charge in [-0.15, -0.1) is 0 Å². The Bertz CT molecular complexity index is 1170. The van der Waals surface area contributed by atoms with Crippen LogP contribution in [0.25, 0.3) is 11.4 Å². The van der Waals surface area contributed by atoms with E-state index in [1.54, 1.807) is 30.5 Å². The number of para-hydroxylation sites is 1. The fourth-order valence-corrected chi connectivity index (χ4v) is 4.68. The number of phenolic OH excluding ortho intramolecular Hbond substituents is 1. The number of ether oxygens (including phenoxy) is 1. The van der Waals surface area contributed by atoms with Crippen LogP contribution < -0.4 is 10.6 Å². The van der Waals surface area contributed by atoms with Crippen LogP contribution >= 0.6 is 11.6 Å². The Morgan fingerprint density at radius 1 is 1.36 bits per heavy atom. The Morgan fingerprint density at radius 2 is 2.24 bits per heavy atom. The zero-order chi connectivity index (χ0) is 22.9. The number of anilines is 2. The van der Waals surface area contributed by atoms with Gasteiger partial charge in [-0.3, -0.25) is 4.79 Å². The van der Waals surface area contributed by atoms with Gasteiger partial charge in [-0.05, 0) is 31.7 Å². The molecule has 0 saturated carbocycles. The maximum Gasteiger partial charge on any atom is 0.255 e. The number of hydrogen-bond acceptors (Lipinski definition) is 7. The number of rotatable bonds is 5. The van der Waals surface area contributed by atoms with Crippen molar-refractivity contribution in [2.45, 2.75) is 18.4 Å². The number of benzene rings is 1. The molecule has 9 nitrogen and oxygen atoms in total. The van der Waals surface area contributed by atoms with Crippen LogP contribution in [-0.4, -0.2) is 70.3 Å². The summed E-state index contributed by atoms with van der Waals surface area (Å²) in [4.78, 5) is 27.1. The average molecular weight is 469 g/mol. The monoisotopic (exact) mass is 468 g/mol. The van der Waals surface area contributed by atoms with Crippen molar-refractivity contribution in [1.82, 2.24) is 25.2 Å². The summed E-state index contributed by atoms with van der Waals surface area (Å²) in [5.74, 6) is -0.240. The Balaban J connectivity index is 1.58. The summed E-state index contributed by atoms with van der Waals surface area (Å²) in [5, 5.41) is 16.9. The highest BCUT2D eigenvalue weighted by atomic mass is 35.5. The van der Waals surface area contributed by atoms with Crippen LogP contribution in [0.3, 0.4) is 0 Å². The molecule has 0 aliphatic carbocycles. The van der Waals surface area contributed by atoms with Crippen LogP contribution in [0.15, 0.2) is 36.8 Å². The largest absolute Gasteiger partial charge is 0.504 e. The van der Waals surface area contributed by atoms with Crippen LogP contribution in [0.2, 0.25) is 5.02 Å². The van der Waals surface area contributed by atoms with Crippen LogP contribution in [0.5, 0.6) is 5.75 Å². The number of amides is 1. The second-order valence-corrected chi connectivity index (χ2v) is 8.82. The SMILES string of the molecule is CN1CCO[C@H](C[C@@H]2CNC(=O)c3c2[nH]c(-c2ccncn2)c3Nc2cccc(Cl)c2O)C1. The van der Waals surface area contributed by atoms with Crippen LogP contribution in [0.1, 0.15) is 28.4 Å². The van der Waals surface area contributed by atoms with Gasteiger partial charge in [-0.2, -0.15) is 0 Å². The van der Waals surface area contributed by atoms with E-state index in [0.29, 0.717) is 41.5 Å². The molecular formula is C23H25ClN6O3. The van der Waals surface area contributed by atoms with Gasteiger partial charge >= 0.3 is 0 Å². The molecule has 33 heavy (non-hydrogen) atoms. The van der Waals surface area contributed by atoms with Gasteiger partial charge in [0.2, 0.25) is 0 Å². The number of halogens is 1. The Hall–Kier alpha value is -3.14. The Labute approximate surface area is 196 Å². The van der Waals surface area contributed by atoms with Gasteiger partial charge < -0.3 is 30.4 Å². The molecule has 2 aliphatic rings. The van der Waals surface area contributed by atoms with Gasteiger partial charge in [0.15, 0.2) is 5.75 Å². The third-order valence-corrected chi connectivity index (χ3v) is 6.45. The van der Waals surface area contributed by atoms with Gasteiger partial charge in [-0.1, -0.05) is 17.7 Å². The lowest BCUT2D eigenvalue weighted by Gasteiger charge is -2.33. The molecule has 1 aromatic carbocycles. The summed E-state index contributed by atoms with van der Waals surface area (Å²) >= 11 is 6.11. The number of carbonyl (C=O) groups is 1. The van der Waals surface area contributed by atoms with Gasteiger partial charge in [-0.25, -0.2) is 9.97 Å². The molecule has 5 rings (SSSR count). The number of nitrogens with one attached hydrogen (secondary N) is 3. The summed E-state index contributed by atoms with van der Waals surface area (Å²) in [6.45, 7) is 2.98. The first-order valence-electron chi connectivity index (χ1n) is 10.9. The van der Waals surface area contributed by atoms with Crippen LogP contribution in [-0.2, 0) is 4.74 Å². The Kier molecular flexibility index (Phi) is 5.92. The van der Waals surface area contributed by atoms with Crippen LogP contribution in [0, 0.1) is 0 Å². The number of likely N-dealkylation sites (N-methyl/N-ethyl adjacent to an activating group) is 1. The first kappa shape index (κ1) is 21.7. The smallest absolute Gasteiger partial charge is 0.255 e. The second-order valence-electron chi connectivity index (χ2n) is 8.42. The number of hydrogen-bond donors (Lipinski definition) is 4. The molecule has 2 aromatic heterocycles. The van der Waals surface area contributed by atoms with E-state index in [1.165, 1.54) is 6.33 Å². The lowest BCUT2D eigenvalue weighted by Crippen LogP contribution is -2.43. The predicted octanol–water partition coefficient (Wildman–Crippen LogP) is 3.12. The molecule has 0 radical (unpaired) electrons. The van der Waals surface area contributed by atoms with Gasteiger partial charge in [0.25, 0.3) is 5.91 Å². The van der Waals surface area contributed by atoms with Crippen molar-refractivity contribution in [1.29, 1.82) is 0 Å². The van der Waals surface area contributed by atoms with Crippen molar-refractivity contribution in [2.75, 3.05) is 38.6 Å². The number of fused-ring (bicyclic) bond motifs is 1. The van der Waals surface area contributed by atoms with Crippen molar-refractivity contribution < 1.29 is 14.6 Å². The number of aromatic nitrogens is 3. The zero-order valence-electron chi connectivity index (χ0n) is 18.1. The Morgan fingerprint density at radius 3 is 3.03 bits per heavy atom. The highest BCUT2D eigenvalue weighted by molar-refractivity contribution is 6.32. The second kappa shape index (κ2) is 9.01. The third-order valence-electron chi connectivity index (χ3n) is 6.15. The number of aromatic hydroxyl groups is 1. The summed E-state index contributed by atoms with van der Waals surface area (Å²) in [6.07, 6.45) is 3.95. The molecule has 3 aromatic rings. The number of nitrogens with zero attached hydrogens (tertiary/aromatic N) is 3. The topological polar surface area (TPSA) is 115 Å². The highest BCUT2D eigenvalue weighted by Crippen LogP contribution is 2.42. The van der Waals surface area contributed by atoms with Gasteiger partial charge in [0.05, 0.1) is 46.1 Å². The van der Waals surface area contributed by atoms with E-state index in [4.69, 9.17) is 16.3 Å². The quantitative estimate of drug-likeness (QED) is 0.425. The number of aromatic amines is 1. The first-order chi connectivity index (χ1) is 16.0. The fourth-order valence-electron chi connectivity index (χ4n) is 4.50.